The minimum atomic E-state index is -0.321. The number of anilines is 3. The van der Waals surface area contributed by atoms with Crippen molar-refractivity contribution in [2.24, 2.45) is 0 Å². The topological polar surface area (TPSA) is 103 Å². The van der Waals surface area contributed by atoms with Gasteiger partial charge in [-0.25, -0.2) is 14.8 Å². The molecular weight excluding hydrogens is 476 g/mol. The van der Waals surface area contributed by atoms with Crippen LogP contribution in [0.1, 0.15) is 49.3 Å². The lowest BCUT2D eigenvalue weighted by atomic mass is 9.93. The third-order valence-corrected chi connectivity index (χ3v) is 6.96. The van der Waals surface area contributed by atoms with E-state index in [2.05, 4.69) is 41.0 Å². The molecule has 3 aromatic heterocycles. The molecular formula is C26H28N6O3S. The Balaban J connectivity index is 1.49. The van der Waals surface area contributed by atoms with E-state index in [0.717, 1.165) is 28.0 Å². The lowest BCUT2D eigenvalue weighted by Crippen LogP contribution is -2.47. The number of pyridine rings is 1. The molecule has 0 bridgehead atoms. The van der Waals surface area contributed by atoms with Crippen molar-refractivity contribution in [2.75, 3.05) is 28.8 Å². The van der Waals surface area contributed by atoms with E-state index >= 15 is 0 Å². The van der Waals surface area contributed by atoms with Crippen LogP contribution in [0.15, 0.2) is 42.0 Å². The van der Waals surface area contributed by atoms with Crippen LogP contribution in [-0.2, 0) is 12.0 Å². The highest BCUT2D eigenvalue weighted by molar-refractivity contribution is 7.14. The van der Waals surface area contributed by atoms with Crippen molar-refractivity contribution in [3.05, 3.63) is 58.9 Å². The molecule has 186 valence electrons. The van der Waals surface area contributed by atoms with Crippen LogP contribution in [0.25, 0.3) is 11.0 Å². The molecule has 0 aliphatic carbocycles. The number of amides is 3. The van der Waals surface area contributed by atoms with Crippen molar-refractivity contribution in [1.82, 2.24) is 15.0 Å². The molecule has 36 heavy (non-hydrogen) atoms. The van der Waals surface area contributed by atoms with Gasteiger partial charge in [0.1, 0.15) is 11.4 Å². The van der Waals surface area contributed by atoms with Crippen molar-refractivity contribution in [1.29, 1.82) is 0 Å². The van der Waals surface area contributed by atoms with E-state index in [1.165, 1.54) is 18.4 Å². The van der Waals surface area contributed by atoms with Gasteiger partial charge >= 0.3 is 6.03 Å². The van der Waals surface area contributed by atoms with Crippen LogP contribution in [0.3, 0.4) is 0 Å². The maximum absolute atomic E-state index is 13.6. The van der Waals surface area contributed by atoms with Gasteiger partial charge in [-0.05, 0) is 25.1 Å². The van der Waals surface area contributed by atoms with Gasteiger partial charge in [0, 0.05) is 52.3 Å². The van der Waals surface area contributed by atoms with Crippen LogP contribution < -0.4 is 19.9 Å². The van der Waals surface area contributed by atoms with Crippen molar-refractivity contribution < 1.29 is 14.3 Å². The fraction of sp³-hybridized carbons (Fsp3) is 0.308. The van der Waals surface area contributed by atoms with E-state index in [9.17, 15) is 9.59 Å². The summed E-state index contributed by atoms with van der Waals surface area (Å²) in [7, 11) is 1.54. The van der Waals surface area contributed by atoms with E-state index in [1.807, 2.05) is 24.6 Å². The van der Waals surface area contributed by atoms with Gasteiger partial charge < -0.3 is 9.72 Å². The standard InChI is InChI=1S/C26H28N6O3S/c1-6-31-21-16(12-28-22-19(21)7-8-27-22)13-32(25(31)34)17-9-15(10-18(11-17)35-5)23(33)30-24-29-20(14-36-24)26(2,3)4/h7-12,14H,6,13H2,1-5H3,(H,27,28)(H,29,30,33). The van der Waals surface area contributed by atoms with Crippen LogP contribution in [0.2, 0.25) is 0 Å². The van der Waals surface area contributed by atoms with Gasteiger partial charge in [0.15, 0.2) is 5.13 Å². The molecule has 2 N–H and O–H groups in total. The third-order valence-electron chi connectivity index (χ3n) is 6.20. The van der Waals surface area contributed by atoms with Gasteiger partial charge in [0.2, 0.25) is 0 Å². The summed E-state index contributed by atoms with van der Waals surface area (Å²) in [6, 6.07) is 6.88. The Bertz CT molecular complexity index is 1470. The smallest absolute Gasteiger partial charge is 0.329 e. The number of methoxy groups -OCH3 is 1. The number of rotatable bonds is 5. The number of aromatic amines is 1. The monoisotopic (exact) mass is 504 g/mol. The fourth-order valence-electron chi connectivity index (χ4n) is 4.28. The lowest BCUT2D eigenvalue weighted by Gasteiger charge is -2.37. The zero-order chi connectivity index (χ0) is 25.6. The number of hydrogen-bond acceptors (Lipinski definition) is 6. The highest BCUT2D eigenvalue weighted by Gasteiger charge is 2.33. The Labute approximate surface area is 213 Å². The van der Waals surface area contributed by atoms with Crippen LogP contribution in [0, 0.1) is 0 Å². The number of nitrogens with zero attached hydrogens (tertiary/aromatic N) is 4. The van der Waals surface area contributed by atoms with Gasteiger partial charge in [-0.2, -0.15) is 0 Å². The summed E-state index contributed by atoms with van der Waals surface area (Å²) in [4.78, 5) is 42.3. The molecule has 10 heteroatoms. The molecule has 0 saturated heterocycles. The number of nitrogens with one attached hydrogen (secondary N) is 2. The maximum Gasteiger partial charge on any atom is 0.329 e. The molecule has 0 unspecified atom stereocenters. The number of thiazole rings is 1. The molecule has 4 heterocycles. The summed E-state index contributed by atoms with van der Waals surface area (Å²) in [5, 5.41) is 6.26. The first-order valence-corrected chi connectivity index (χ1v) is 12.6. The molecule has 0 spiro atoms. The Morgan fingerprint density at radius 3 is 2.78 bits per heavy atom. The van der Waals surface area contributed by atoms with Gasteiger partial charge in [-0.1, -0.05) is 20.8 Å². The lowest BCUT2D eigenvalue weighted by molar-refractivity contribution is 0.102. The second kappa shape index (κ2) is 8.94. The van der Waals surface area contributed by atoms with Crippen LogP contribution in [-0.4, -0.2) is 40.5 Å². The number of ether oxygens (including phenoxy) is 1. The molecule has 1 aromatic carbocycles. The van der Waals surface area contributed by atoms with E-state index in [1.54, 1.807) is 34.2 Å². The van der Waals surface area contributed by atoms with Crippen molar-refractivity contribution in [2.45, 2.75) is 39.7 Å². The summed E-state index contributed by atoms with van der Waals surface area (Å²) in [5.74, 6) is 0.158. The molecule has 1 aliphatic rings. The van der Waals surface area contributed by atoms with Crippen LogP contribution in [0.5, 0.6) is 5.75 Å². The number of hydrogen-bond donors (Lipinski definition) is 2. The first-order valence-electron chi connectivity index (χ1n) is 11.7. The molecule has 0 atom stereocenters. The van der Waals surface area contributed by atoms with Crippen LogP contribution >= 0.6 is 11.3 Å². The van der Waals surface area contributed by atoms with Crippen molar-refractivity contribution in [3.63, 3.8) is 0 Å². The van der Waals surface area contributed by atoms with Crippen molar-refractivity contribution in [3.8, 4) is 5.75 Å². The first-order chi connectivity index (χ1) is 17.2. The Hall–Kier alpha value is -3.92. The highest BCUT2D eigenvalue weighted by atomic mass is 32.1. The summed E-state index contributed by atoms with van der Waals surface area (Å²) >= 11 is 1.38. The number of fused-ring (bicyclic) bond motifs is 3. The second-order valence-corrected chi connectivity index (χ2v) is 10.5. The number of H-pyrrole nitrogens is 1. The summed E-state index contributed by atoms with van der Waals surface area (Å²) in [6.07, 6.45) is 3.61. The predicted octanol–water partition coefficient (Wildman–Crippen LogP) is 5.54. The molecule has 5 rings (SSSR count). The predicted molar refractivity (Wildman–Crippen MR) is 142 cm³/mol. The Morgan fingerprint density at radius 2 is 2.08 bits per heavy atom. The number of carbonyl (C=O) groups excluding carboxylic acids is 2. The minimum absolute atomic E-state index is 0.112. The van der Waals surface area contributed by atoms with Gasteiger partial charge in [0.25, 0.3) is 5.91 Å². The van der Waals surface area contributed by atoms with E-state index in [0.29, 0.717) is 35.2 Å². The zero-order valence-corrected chi connectivity index (χ0v) is 21.7. The average molecular weight is 505 g/mol. The zero-order valence-electron chi connectivity index (χ0n) is 20.9. The molecule has 3 amide bonds. The van der Waals surface area contributed by atoms with E-state index in [4.69, 9.17) is 4.74 Å². The molecule has 1 aliphatic heterocycles. The van der Waals surface area contributed by atoms with Crippen LogP contribution in [0.4, 0.5) is 21.3 Å². The molecule has 0 fully saturated rings. The number of benzene rings is 1. The van der Waals surface area contributed by atoms with E-state index in [-0.39, 0.29) is 17.4 Å². The first kappa shape index (κ1) is 23.8. The average Bonchev–Trinajstić information content (AvgIpc) is 3.53. The van der Waals surface area contributed by atoms with Crippen molar-refractivity contribution >= 4 is 50.8 Å². The Kier molecular flexibility index (Phi) is 5.91. The largest absolute Gasteiger partial charge is 0.497 e. The molecule has 0 radical (unpaired) electrons. The van der Waals surface area contributed by atoms with Gasteiger partial charge in [0.05, 0.1) is 30.7 Å². The summed E-state index contributed by atoms with van der Waals surface area (Å²) in [5.41, 5.74) is 4.27. The summed E-state index contributed by atoms with van der Waals surface area (Å²) in [6.45, 7) is 8.98. The SMILES string of the molecule is CCN1C(=O)N(c2cc(OC)cc(C(=O)Nc3nc(C(C)(C)C)cs3)c2)Cc2cnc3[nH]ccc3c21. The Morgan fingerprint density at radius 1 is 1.28 bits per heavy atom. The van der Waals surface area contributed by atoms with E-state index < -0.39 is 0 Å². The third kappa shape index (κ3) is 4.17. The number of aromatic nitrogens is 3. The number of urea groups is 1. The van der Waals surface area contributed by atoms with Gasteiger partial charge in [-0.3, -0.25) is 19.9 Å². The molecule has 0 saturated carbocycles. The molecule has 9 nitrogen and oxygen atoms in total. The van der Waals surface area contributed by atoms with Gasteiger partial charge in [-0.15, -0.1) is 11.3 Å². The second-order valence-electron chi connectivity index (χ2n) is 9.65. The number of carbonyl (C=O) groups is 2. The fourth-order valence-corrected chi connectivity index (χ4v) is 5.21. The quantitative estimate of drug-likeness (QED) is 0.371. The highest BCUT2D eigenvalue weighted by Crippen LogP contribution is 2.37. The summed E-state index contributed by atoms with van der Waals surface area (Å²) < 4.78 is 5.48. The minimum Gasteiger partial charge on any atom is -0.497 e. The molecule has 4 aromatic rings. The maximum atomic E-state index is 13.6. The normalized spacial score (nSPS) is 13.8.